The van der Waals surface area contributed by atoms with Gasteiger partial charge in [0.15, 0.2) is 0 Å². The fourth-order valence-electron chi connectivity index (χ4n) is 1.84. The number of benzene rings is 1. The SMILES string of the molecule is CCCCCCOc1ccccc1C(C)NC. The highest BCUT2D eigenvalue weighted by Gasteiger charge is 2.08. The van der Waals surface area contributed by atoms with Gasteiger partial charge in [-0.3, -0.25) is 0 Å². The highest BCUT2D eigenvalue weighted by atomic mass is 16.5. The van der Waals surface area contributed by atoms with Crippen LogP contribution in [0.25, 0.3) is 0 Å². The van der Waals surface area contributed by atoms with E-state index in [1.54, 1.807) is 0 Å². The molecular weight excluding hydrogens is 210 g/mol. The average Bonchev–Trinajstić information content (AvgIpc) is 2.38. The van der Waals surface area contributed by atoms with E-state index in [-0.39, 0.29) is 0 Å². The lowest BCUT2D eigenvalue weighted by Gasteiger charge is -2.16. The minimum atomic E-state index is 0.335. The molecule has 0 fully saturated rings. The Labute approximate surface area is 105 Å². The van der Waals surface area contributed by atoms with Crippen molar-refractivity contribution in [3.05, 3.63) is 29.8 Å². The number of rotatable bonds is 8. The zero-order valence-corrected chi connectivity index (χ0v) is 11.3. The summed E-state index contributed by atoms with van der Waals surface area (Å²) in [5.74, 6) is 1.02. The molecule has 0 spiro atoms. The summed E-state index contributed by atoms with van der Waals surface area (Å²) < 4.78 is 5.87. The van der Waals surface area contributed by atoms with Crippen LogP contribution >= 0.6 is 0 Å². The summed E-state index contributed by atoms with van der Waals surface area (Å²) in [4.78, 5) is 0. The first kappa shape index (κ1) is 14.0. The van der Waals surface area contributed by atoms with Crippen LogP contribution in [0.3, 0.4) is 0 Å². The van der Waals surface area contributed by atoms with Gasteiger partial charge in [-0.15, -0.1) is 0 Å². The first-order valence-electron chi connectivity index (χ1n) is 6.68. The second-order valence-electron chi connectivity index (χ2n) is 4.46. The van der Waals surface area contributed by atoms with Crippen LogP contribution in [-0.2, 0) is 0 Å². The molecule has 1 aromatic rings. The Kier molecular flexibility index (Phi) is 6.71. The summed E-state index contributed by atoms with van der Waals surface area (Å²) in [5, 5.41) is 3.25. The van der Waals surface area contributed by atoms with Gasteiger partial charge in [-0.05, 0) is 26.5 Å². The molecule has 17 heavy (non-hydrogen) atoms. The van der Waals surface area contributed by atoms with E-state index in [1.165, 1.54) is 24.8 Å². The van der Waals surface area contributed by atoms with Gasteiger partial charge in [-0.25, -0.2) is 0 Å². The Morgan fingerprint density at radius 2 is 1.94 bits per heavy atom. The van der Waals surface area contributed by atoms with Gasteiger partial charge in [0.05, 0.1) is 6.61 Å². The zero-order chi connectivity index (χ0) is 12.5. The third kappa shape index (κ3) is 4.78. The summed E-state index contributed by atoms with van der Waals surface area (Å²) in [6.45, 7) is 5.21. The molecule has 0 heterocycles. The molecule has 0 aliphatic rings. The molecule has 1 rings (SSSR count). The van der Waals surface area contributed by atoms with Crippen molar-refractivity contribution in [3.63, 3.8) is 0 Å². The quantitative estimate of drug-likeness (QED) is 0.689. The second-order valence-corrected chi connectivity index (χ2v) is 4.46. The van der Waals surface area contributed by atoms with Gasteiger partial charge in [0, 0.05) is 11.6 Å². The van der Waals surface area contributed by atoms with Gasteiger partial charge in [-0.2, -0.15) is 0 Å². The van der Waals surface area contributed by atoms with Crippen molar-refractivity contribution < 1.29 is 4.74 Å². The fourth-order valence-corrected chi connectivity index (χ4v) is 1.84. The number of nitrogens with one attached hydrogen (secondary N) is 1. The van der Waals surface area contributed by atoms with Gasteiger partial charge in [-0.1, -0.05) is 44.4 Å². The van der Waals surface area contributed by atoms with E-state index in [2.05, 4.69) is 37.4 Å². The summed E-state index contributed by atoms with van der Waals surface area (Å²) in [6, 6.07) is 8.62. The van der Waals surface area contributed by atoms with Crippen LogP contribution < -0.4 is 10.1 Å². The summed E-state index contributed by atoms with van der Waals surface area (Å²) in [5.41, 5.74) is 1.24. The van der Waals surface area contributed by atoms with Gasteiger partial charge in [0.25, 0.3) is 0 Å². The van der Waals surface area contributed by atoms with Crippen LogP contribution in [0.2, 0.25) is 0 Å². The first-order chi connectivity index (χ1) is 8.29. The second kappa shape index (κ2) is 8.13. The van der Waals surface area contributed by atoms with Crippen molar-refractivity contribution in [2.24, 2.45) is 0 Å². The highest BCUT2D eigenvalue weighted by Crippen LogP contribution is 2.24. The molecule has 0 bridgehead atoms. The van der Waals surface area contributed by atoms with Crippen LogP contribution in [0.5, 0.6) is 5.75 Å². The summed E-state index contributed by atoms with van der Waals surface area (Å²) in [6.07, 6.45) is 4.99. The van der Waals surface area contributed by atoms with Gasteiger partial charge >= 0.3 is 0 Å². The van der Waals surface area contributed by atoms with E-state index >= 15 is 0 Å². The normalized spacial score (nSPS) is 12.4. The maximum atomic E-state index is 5.87. The zero-order valence-electron chi connectivity index (χ0n) is 11.3. The number of unbranched alkanes of at least 4 members (excludes halogenated alkanes) is 3. The molecule has 0 aliphatic heterocycles. The van der Waals surface area contributed by atoms with E-state index in [4.69, 9.17) is 4.74 Å². The molecule has 0 aliphatic carbocycles. The van der Waals surface area contributed by atoms with Crippen molar-refractivity contribution in [2.75, 3.05) is 13.7 Å². The summed E-state index contributed by atoms with van der Waals surface area (Å²) in [7, 11) is 1.97. The first-order valence-corrected chi connectivity index (χ1v) is 6.68. The number of ether oxygens (including phenoxy) is 1. The van der Waals surface area contributed by atoms with Crippen molar-refractivity contribution >= 4 is 0 Å². The number of hydrogen-bond donors (Lipinski definition) is 1. The monoisotopic (exact) mass is 235 g/mol. The molecule has 0 aromatic heterocycles. The number of hydrogen-bond acceptors (Lipinski definition) is 2. The molecule has 0 saturated carbocycles. The van der Waals surface area contributed by atoms with E-state index in [9.17, 15) is 0 Å². The Morgan fingerprint density at radius 1 is 1.18 bits per heavy atom. The molecule has 1 atom stereocenters. The van der Waals surface area contributed by atoms with E-state index in [0.717, 1.165) is 18.8 Å². The smallest absolute Gasteiger partial charge is 0.124 e. The molecule has 2 nitrogen and oxygen atoms in total. The van der Waals surface area contributed by atoms with E-state index in [0.29, 0.717) is 6.04 Å². The maximum absolute atomic E-state index is 5.87. The Balaban J connectivity index is 2.46. The predicted octanol–water partition coefficient (Wildman–Crippen LogP) is 3.93. The van der Waals surface area contributed by atoms with Crippen molar-refractivity contribution in [1.29, 1.82) is 0 Å². The van der Waals surface area contributed by atoms with Gasteiger partial charge < -0.3 is 10.1 Å². The van der Waals surface area contributed by atoms with Crippen molar-refractivity contribution in [2.45, 2.75) is 45.6 Å². The molecule has 0 saturated heterocycles. The maximum Gasteiger partial charge on any atom is 0.124 e. The minimum absolute atomic E-state index is 0.335. The topological polar surface area (TPSA) is 21.3 Å². The molecule has 1 N–H and O–H groups in total. The average molecular weight is 235 g/mol. The lowest BCUT2D eigenvalue weighted by atomic mass is 10.1. The van der Waals surface area contributed by atoms with E-state index in [1.807, 2.05) is 13.1 Å². The molecule has 0 radical (unpaired) electrons. The third-order valence-electron chi connectivity index (χ3n) is 3.07. The van der Waals surface area contributed by atoms with Crippen LogP contribution in [0.1, 0.15) is 51.1 Å². The van der Waals surface area contributed by atoms with E-state index < -0.39 is 0 Å². The third-order valence-corrected chi connectivity index (χ3v) is 3.07. The molecule has 96 valence electrons. The molecule has 0 amide bonds. The standard InChI is InChI=1S/C15H25NO/c1-4-5-6-9-12-17-15-11-8-7-10-14(15)13(2)16-3/h7-8,10-11,13,16H,4-6,9,12H2,1-3H3. The van der Waals surface area contributed by atoms with Gasteiger partial charge in [0.1, 0.15) is 5.75 Å². The van der Waals surface area contributed by atoms with Gasteiger partial charge in [0.2, 0.25) is 0 Å². The Hall–Kier alpha value is -1.02. The Bertz CT molecular complexity index is 312. The fraction of sp³-hybridized carbons (Fsp3) is 0.600. The molecule has 2 heteroatoms. The number of para-hydroxylation sites is 1. The van der Waals surface area contributed by atoms with Crippen LogP contribution in [0.4, 0.5) is 0 Å². The predicted molar refractivity (Wildman–Crippen MR) is 73.6 cm³/mol. The highest BCUT2D eigenvalue weighted by molar-refractivity contribution is 5.35. The lowest BCUT2D eigenvalue weighted by molar-refractivity contribution is 0.299. The molecule has 1 unspecified atom stereocenters. The lowest BCUT2D eigenvalue weighted by Crippen LogP contribution is -2.13. The van der Waals surface area contributed by atoms with Crippen molar-refractivity contribution in [1.82, 2.24) is 5.32 Å². The molecular formula is C15H25NO. The van der Waals surface area contributed by atoms with Crippen LogP contribution in [0, 0.1) is 0 Å². The minimum Gasteiger partial charge on any atom is -0.493 e. The van der Waals surface area contributed by atoms with Crippen molar-refractivity contribution in [3.8, 4) is 5.75 Å². The Morgan fingerprint density at radius 3 is 2.65 bits per heavy atom. The van der Waals surface area contributed by atoms with Crippen LogP contribution in [-0.4, -0.2) is 13.7 Å². The largest absolute Gasteiger partial charge is 0.493 e. The van der Waals surface area contributed by atoms with Crippen LogP contribution in [0.15, 0.2) is 24.3 Å². The summed E-state index contributed by atoms with van der Waals surface area (Å²) >= 11 is 0. The molecule has 1 aromatic carbocycles.